The van der Waals surface area contributed by atoms with E-state index in [1.165, 1.54) is 39.7 Å². The van der Waals surface area contributed by atoms with Gasteiger partial charge in [-0.3, -0.25) is 0 Å². The molecule has 0 saturated carbocycles. The van der Waals surface area contributed by atoms with Crippen LogP contribution < -0.4 is 0 Å². The number of benzene rings is 2. The summed E-state index contributed by atoms with van der Waals surface area (Å²) in [4.78, 5) is 7.63. The van der Waals surface area contributed by atoms with Crippen LogP contribution in [0.3, 0.4) is 0 Å². The van der Waals surface area contributed by atoms with Crippen molar-refractivity contribution < 1.29 is 4.52 Å². The Labute approximate surface area is 134 Å². The quantitative estimate of drug-likeness (QED) is 0.578. The van der Waals surface area contributed by atoms with Crippen LogP contribution in [0.1, 0.15) is 16.8 Å². The van der Waals surface area contributed by atoms with Gasteiger partial charge in [0.25, 0.3) is 0 Å². The highest BCUT2D eigenvalue weighted by Gasteiger charge is 2.15. The van der Waals surface area contributed by atoms with E-state index in [1.807, 2.05) is 6.07 Å². The first-order valence-electron chi connectivity index (χ1n) is 7.61. The normalized spacial score (nSPS) is 11.3. The molecule has 4 rings (SSSR count). The first kappa shape index (κ1) is 13.8. The molecule has 0 aliphatic heterocycles. The van der Waals surface area contributed by atoms with E-state index in [9.17, 15) is 0 Å². The van der Waals surface area contributed by atoms with Crippen molar-refractivity contribution in [2.24, 2.45) is 0 Å². The maximum atomic E-state index is 4.87. The van der Waals surface area contributed by atoms with Gasteiger partial charge in [0, 0.05) is 27.7 Å². The minimum absolute atomic E-state index is 0.609. The van der Waals surface area contributed by atoms with Gasteiger partial charge in [0.15, 0.2) is 0 Å². The molecule has 0 saturated heterocycles. The number of nitrogens with zero attached hydrogens (tertiary/aromatic N) is 2. The molecule has 0 amide bonds. The number of hydrogen-bond acceptors (Lipinski definition) is 3. The zero-order valence-electron chi connectivity index (χ0n) is 13.3. The maximum absolute atomic E-state index is 4.87. The molecule has 0 fully saturated rings. The first-order valence-corrected chi connectivity index (χ1v) is 7.61. The molecule has 2 aromatic heterocycles. The lowest BCUT2D eigenvalue weighted by atomic mass is 9.94. The summed E-state index contributed by atoms with van der Waals surface area (Å²) < 4.78 is 4.87. The van der Waals surface area contributed by atoms with Crippen LogP contribution in [0.4, 0.5) is 0 Å². The van der Waals surface area contributed by atoms with Crippen LogP contribution in [0.2, 0.25) is 0 Å². The fraction of sp³-hybridized carbons (Fsp3) is 0.158. The highest BCUT2D eigenvalue weighted by molar-refractivity contribution is 6.00. The van der Waals surface area contributed by atoms with Gasteiger partial charge >= 0.3 is 0 Å². The van der Waals surface area contributed by atoms with Crippen molar-refractivity contribution in [3.63, 3.8) is 0 Å². The van der Waals surface area contributed by atoms with Crippen molar-refractivity contribution >= 4 is 10.9 Å². The summed E-state index contributed by atoms with van der Waals surface area (Å²) in [5.74, 6) is 0.609. The zero-order chi connectivity index (χ0) is 16.0. The number of H-pyrrole nitrogens is 1. The van der Waals surface area contributed by atoms with Crippen LogP contribution in [0.5, 0.6) is 0 Å². The molecule has 23 heavy (non-hydrogen) atoms. The van der Waals surface area contributed by atoms with Crippen LogP contribution in [-0.2, 0) is 0 Å². The number of aryl methyl sites for hydroxylation is 2. The number of aromatic nitrogens is 3. The molecule has 2 aromatic carbocycles. The van der Waals surface area contributed by atoms with Crippen molar-refractivity contribution in [1.82, 2.24) is 15.1 Å². The van der Waals surface area contributed by atoms with E-state index < -0.39 is 0 Å². The molecule has 4 aromatic rings. The third kappa shape index (κ3) is 2.14. The Bertz CT molecular complexity index is 997. The van der Waals surface area contributed by atoms with Crippen LogP contribution in [-0.4, -0.2) is 15.1 Å². The predicted octanol–water partition coefficient (Wildman–Crippen LogP) is 4.81. The van der Waals surface area contributed by atoms with E-state index in [1.54, 1.807) is 0 Å². The van der Waals surface area contributed by atoms with E-state index in [0.29, 0.717) is 5.82 Å². The van der Waals surface area contributed by atoms with Crippen LogP contribution >= 0.6 is 0 Å². The van der Waals surface area contributed by atoms with Gasteiger partial charge in [-0.1, -0.05) is 23.4 Å². The third-order valence-electron chi connectivity index (χ3n) is 4.48. The van der Waals surface area contributed by atoms with Crippen molar-refractivity contribution in [3.05, 3.63) is 59.6 Å². The average molecular weight is 303 g/mol. The Morgan fingerprint density at radius 3 is 2.70 bits per heavy atom. The van der Waals surface area contributed by atoms with Gasteiger partial charge in [-0.15, -0.1) is 0 Å². The van der Waals surface area contributed by atoms with Gasteiger partial charge in [-0.2, -0.15) is 4.98 Å². The Kier molecular flexibility index (Phi) is 3.05. The van der Waals surface area contributed by atoms with Crippen molar-refractivity contribution in [3.8, 4) is 22.5 Å². The zero-order valence-corrected chi connectivity index (χ0v) is 13.3. The summed E-state index contributed by atoms with van der Waals surface area (Å²) in [5, 5.41) is 5.12. The van der Waals surface area contributed by atoms with E-state index >= 15 is 0 Å². The van der Waals surface area contributed by atoms with Gasteiger partial charge in [0.2, 0.25) is 12.2 Å². The second-order valence-corrected chi connectivity index (χ2v) is 5.89. The Balaban J connectivity index is 2.01. The number of aromatic amines is 1. The fourth-order valence-electron chi connectivity index (χ4n) is 3.13. The summed E-state index contributed by atoms with van der Waals surface area (Å²) in [5.41, 5.74) is 8.35. The van der Waals surface area contributed by atoms with Crippen molar-refractivity contribution in [2.75, 3.05) is 0 Å². The highest BCUT2D eigenvalue weighted by atomic mass is 16.5. The van der Waals surface area contributed by atoms with E-state index in [-0.39, 0.29) is 0 Å². The maximum Gasteiger partial charge on any atom is 0.214 e. The van der Waals surface area contributed by atoms with E-state index in [0.717, 1.165) is 11.1 Å². The molecule has 114 valence electrons. The Morgan fingerprint density at radius 1 is 1.04 bits per heavy atom. The number of fused-ring (bicyclic) bond motifs is 1. The predicted molar refractivity (Wildman–Crippen MR) is 91.2 cm³/mol. The van der Waals surface area contributed by atoms with Gasteiger partial charge in [-0.05, 0) is 55.7 Å². The minimum Gasteiger partial charge on any atom is -0.358 e. The van der Waals surface area contributed by atoms with E-state index in [4.69, 9.17) is 4.52 Å². The fourth-order valence-corrected chi connectivity index (χ4v) is 3.13. The standard InChI is InChI=1S/C19H17N3O/c1-11-5-4-6-15(12(11)2)18-13(3)21-17-8-7-14(9-16(17)18)19-20-10-23-22-19/h4-10,21H,1-3H3. The summed E-state index contributed by atoms with van der Waals surface area (Å²) >= 11 is 0. The number of nitrogens with one attached hydrogen (secondary N) is 1. The lowest BCUT2D eigenvalue weighted by molar-refractivity contribution is 0.419. The molecular formula is C19H17N3O. The molecule has 2 heterocycles. The topological polar surface area (TPSA) is 54.7 Å². The van der Waals surface area contributed by atoms with Gasteiger partial charge < -0.3 is 9.51 Å². The molecule has 0 atom stereocenters. The second kappa shape index (κ2) is 5.09. The van der Waals surface area contributed by atoms with Crippen molar-refractivity contribution in [2.45, 2.75) is 20.8 Å². The monoisotopic (exact) mass is 303 g/mol. The molecule has 1 N–H and O–H groups in total. The highest BCUT2D eigenvalue weighted by Crippen LogP contribution is 2.36. The molecule has 0 aliphatic carbocycles. The third-order valence-corrected chi connectivity index (χ3v) is 4.48. The second-order valence-electron chi connectivity index (χ2n) is 5.89. The summed E-state index contributed by atoms with van der Waals surface area (Å²) in [6.45, 7) is 6.44. The van der Waals surface area contributed by atoms with Crippen molar-refractivity contribution in [1.29, 1.82) is 0 Å². The SMILES string of the molecule is Cc1cccc(-c2c(C)[nH]c3ccc(-c4ncon4)cc23)c1C. The molecule has 0 unspecified atom stereocenters. The van der Waals surface area contributed by atoms with E-state index in [2.05, 4.69) is 66.2 Å². The van der Waals surface area contributed by atoms with Crippen LogP contribution in [0, 0.1) is 20.8 Å². The Morgan fingerprint density at radius 2 is 1.91 bits per heavy atom. The minimum atomic E-state index is 0.609. The molecule has 4 nitrogen and oxygen atoms in total. The molecule has 0 bridgehead atoms. The lowest BCUT2D eigenvalue weighted by Gasteiger charge is -2.09. The van der Waals surface area contributed by atoms with Gasteiger partial charge in [0.1, 0.15) is 0 Å². The molecule has 4 heteroatoms. The van der Waals surface area contributed by atoms with Crippen LogP contribution in [0.25, 0.3) is 33.4 Å². The molecule has 0 spiro atoms. The molecule has 0 radical (unpaired) electrons. The number of rotatable bonds is 2. The smallest absolute Gasteiger partial charge is 0.214 e. The first-order chi connectivity index (χ1) is 11.1. The lowest BCUT2D eigenvalue weighted by Crippen LogP contribution is -1.88. The van der Waals surface area contributed by atoms with Gasteiger partial charge in [0.05, 0.1) is 0 Å². The Hall–Kier alpha value is -2.88. The average Bonchev–Trinajstić information content (AvgIpc) is 3.17. The largest absolute Gasteiger partial charge is 0.358 e. The van der Waals surface area contributed by atoms with Crippen LogP contribution in [0.15, 0.2) is 47.3 Å². The van der Waals surface area contributed by atoms with Gasteiger partial charge in [-0.25, -0.2) is 0 Å². The summed E-state index contributed by atoms with van der Waals surface area (Å²) in [6.07, 6.45) is 1.35. The summed E-state index contributed by atoms with van der Waals surface area (Å²) in [7, 11) is 0. The molecule has 0 aliphatic rings. The summed E-state index contributed by atoms with van der Waals surface area (Å²) in [6, 6.07) is 12.6. The molecular weight excluding hydrogens is 286 g/mol. The number of hydrogen-bond donors (Lipinski definition) is 1.